The van der Waals surface area contributed by atoms with Gasteiger partial charge < -0.3 is 5.11 Å². The lowest BCUT2D eigenvalue weighted by Gasteiger charge is -2.09. The van der Waals surface area contributed by atoms with Crippen molar-refractivity contribution in [2.75, 3.05) is 4.72 Å². The van der Waals surface area contributed by atoms with Gasteiger partial charge in [0.05, 0.1) is 16.8 Å². The van der Waals surface area contributed by atoms with Crippen LogP contribution in [-0.4, -0.2) is 29.7 Å². The average Bonchev–Trinajstić information content (AvgIpc) is 2.74. The summed E-state index contributed by atoms with van der Waals surface area (Å²) in [5.74, 6) is -1.04. The highest BCUT2D eigenvalue weighted by atomic mass is 35.5. The van der Waals surface area contributed by atoms with Crippen LogP contribution in [0.2, 0.25) is 5.02 Å². The largest absolute Gasteiger partial charge is 0.478 e. The van der Waals surface area contributed by atoms with Gasteiger partial charge in [-0.05, 0) is 25.1 Å². The molecule has 0 fully saturated rings. The van der Waals surface area contributed by atoms with Gasteiger partial charge in [0.2, 0.25) is 0 Å². The Morgan fingerprint density at radius 1 is 1.45 bits per heavy atom. The Kier molecular flexibility index (Phi) is 3.69. The number of rotatable bonds is 4. The van der Waals surface area contributed by atoms with Crippen LogP contribution in [-0.2, 0) is 10.0 Å². The van der Waals surface area contributed by atoms with E-state index in [9.17, 15) is 13.2 Å². The number of hydrogen-bond donors (Lipinski definition) is 3. The minimum absolute atomic E-state index is 0.0698. The van der Waals surface area contributed by atoms with Crippen molar-refractivity contribution in [3.63, 3.8) is 0 Å². The smallest absolute Gasteiger partial charge is 0.335 e. The van der Waals surface area contributed by atoms with Gasteiger partial charge in [-0.25, -0.2) is 13.2 Å². The first-order valence-corrected chi connectivity index (χ1v) is 7.23. The van der Waals surface area contributed by atoms with Crippen LogP contribution in [0.5, 0.6) is 0 Å². The van der Waals surface area contributed by atoms with Gasteiger partial charge in [0, 0.05) is 5.56 Å². The molecule has 0 saturated heterocycles. The Labute approximate surface area is 119 Å². The molecule has 1 aromatic heterocycles. The van der Waals surface area contributed by atoms with Gasteiger partial charge in [0.15, 0.2) is 0 Å². The number of benzene rings is 1. The molecule has 3 N–H and O–H groups in total. The van der Waals surface area contributed by atoms with Crippen molar-refractivity contribution in [2.24, 2.45) is 0 Å². The van der Waals surface area contributed by atoms with Crippen molar-refractivity contribution in [2.45, 2.75) is 11.8 Å². The molecule has 0 aliphatic rings. The van der Waals surface area contributed by atoms with Gasteiger partial charge in [0.1, 0.15) is 10.7 Å². The van der Waals surface area contributed by atoms with Crippen molar-refractivity contribution in [3.8, 4) is 0 Å². The van der Waals surface area contributed by atoms with E-state index in [4.69, 9.17) is 16.7 Å². The van der Waals surface area contributed by atoms with E-state index in [0.29, 0.717) is 5.56 Å². The van der Waals surface area contributed by atoms with Crippen LogP contribution in [0.15, 0.2) is 29.3 Å². The van der Waals surface area contributed by atoms with Gasteiger partial charge in [-0.2, -0.15) is 5.10 Å². The van der Waals surface area contributed by atoms with Crippen LogP contribution in [0, 0.1) is 6.92 Å². The summed E-state index contributed by atoms with van der Waals surface area (Å²) in [5, 5.41) is 15.0. The van der Waals surface area contributed by atoms with Gasteiger partial charge in [0.25, 0.3) is 10.0 Å². The lowest BCUT2D eigenvalue weighted by molar-refractivity contribution is 0.0696. The maximum atomic E-state index is 12.2. The number of halogens is 1. The maximum absolute atomic E-state index is 12.2. The van der Waals surface area contributed by atoms with E-state index in [1.54, 1.807) is 6.92 Å². The number of nitrogens with zero attached hydrogens (tertiary/aromatic N) is 1. The summed E-state index contributed by atoms with van der Waals surface area (Å²) < 4.78 is 26.7. The first kappa shape index (κ1) is 14.4. The quantitative estimate of drug-likeness (QED) is 0.797. The molecule has 20 heavy (non-hydrogen) atoms. The zero-order chi connectivity index (χ0) is 14.9. The van der Waals surface area contributed by atoms with E-state index >= 15 is 0 Å². The third-order valence-electron chi connectivity index (χ3n) is 2.53. The summed E-state index contributed by atoms with van der Waals surface area (Å²) in [6.45, 7) is 1.66. The number of carboxylic acids is 1. The molecule has 0 bridgehead atoms. The van der Waals surface area contributed by atoms with Crippen LogP contribution in [0.25, 0.3) is 0 Å². The number of carboxylic acid groups (broad SMARTS) is 1. The summed E-state index contributed by atoms with van der Waals surface area (Å²) in [7, 11) is -4.01. The molecule has 0 aliphatic heterocycles. The Morgan fingerprint density at radius 2 is 2.15 bits per heavy atom. The minimum Gasteiger partial charge on any atom is -0.478 e. The normalized spacial score (nSPS) is 11.3. The molecule has 106 valence electrons. The summed E-state index contributed by atoms with van der Waals surface area (Å²) in [4.78, 5) is 10.6. The average molecular weight is 316 g/mol. The molecule has 0 saturated carbocycles. The summed E-state index contributed by atoms with van der Waals surface area (Å²) in [6, 6.07) is 3.45. The van der Waals surface area contributed by atoms with E-state index in [1.807, 2.05) is 0 Å². The molecule has 2 aromatic rings. The minimum atomic E-state index is -4.01. The van der Waals surface area contributed by atoms with E-state index in [0.717, 1.165) is 6.07 Å². The lowest BCUT2D eigenvalue weighted by Crippen LogP contribution is -2.15. The number of anilines is 1. The maximum Gasteiger partial charge on any atom is 0.335 e. The first-order valence-electron chi connectivity index (χ1n) is 5.37. The molecule has 7 nitrogen and oxygen atoms in total. The Balaban J connectivity index is 2.46. The number of aromatic carboxylic acids is 1. The molecule has 2 rings (SSSR count). The highest BCUT2D eigenvalue weighted by molar-refractivity contribution is 7.92. The Morgan fingerprint density at radius 3 is 2.70 bits per heavy atom. The second-order valence-corrected chi connectivity index (χ2v) is 6.04. The summed E-state index contributed by atoms with van der Waals surface area (Å²) in [5.41, 5.74) is 0.426. The highest BCUT2D eigenvalue weighted by Crippen LogP contribution is 2.25. The number of nitrogens with one attached hydrogen (secondary N) is 2. The Bertz CT molecular complexity index is 770. The zero-order valence-electron chi connectivity index (χ0n) is 10.2. The second kappa shape index (κ2) is 5.14. The fourth-order valence-electron chi connectivity index (χ4n) is 1.48. The lowest BCUT2D eigenvalue weighted by atomic mass is 10.2. The van der Waals surface area contributed by atoms with Gasteiger partial charge in [-0.15, -0.1) is 0 Å². The molecule has 0 spiro atoms. The molecule has 9 heteroatoms. The molecule has 0 atom stereocenters. The van der Waals surface area contributed by atoms with Crippen LogP contribution in [0.3, 0.4) is 0 Å². The molecule has 0 aliphatic carbocycles. The number of H-pyrrole nitrogens is 1. The molecule has 0 radical (unpaired) electrons. The summed E-state index contributed by atoms with van der Waals surface area (Å²) >= 11 is 5.83. The van der Waals surface area contributed by atoms with Crippen molar-refractivity contribution in [1.29, 1.82) is 0 Å². The number of carbonyl (C=O) groups is 1. The van der Waals surface area contributed by atoms with Crippen molar-refractivity contribution >= 4 is 33.4 Å². The van der Waals surface area contributed by atoms with Crippen LogP contribution in [0.1, 0.15) is 15.9 Å². The fraction of sp³-hybridized carbons (Fsp3) is 0.0909. The molecule has 1 heterocycles. The third-order valence-corrected chi connectivity index (χ3v) is 4.36. The molecule has 0 amide bonds. The van der Waals surface area contributed by atoms with Gasteiger partial charge in [-0.3, -0.25) is 9.82 Å². The molecular formula is C11H10ClN3O4S. The second-order valence-electron chi connectivity index (χ2n) is 3.98. The van der Waals surface area contributed by atoms with Crippen molar-refractivity contribution < 1.29 is 18.3 Å². The van der Waals surface area contributed by atoms with Gasteiger partial charge in [-0.1, -0.05) is 11.6 Å². The van der Waals surface area contributed by atoms with Crippen LogP contribution in [0.4, 0.5) is 5.82 Å². The number of hydrogen-bond acceptors (Lipinski definition) is 4. The number of aryl methyl sites for hydroxylation is 1. The number of sulfonamides is 1. The van der Waals surface area contributed by atoms with Gasteiger partial charge >= 0.3 is 5.97 Å². The predicted octanol–water partition coefficient (Wildman–Crippen LogP) is 1.87. The van der Waals surface area contributed by atoms with Crippen LogP contribution >= 0.6 is 11.6 Å². The molecule has 0 unspecified atom stereocenters. The standard InChI is InChI=1S/C11H10ClN3O4S/c1-6-5-13-14-10(6)15-20(18,19)9-4-7(11(16)17)2-3-8(9)12/h2-5H,1H3,(H,16,17)(H2,13,14,15). The predicted molar refractivity (Wildman–Crippen MR) is 72.5 cm³/mol. The third kappa shape index (κ3) is 2.75. The zero-order valence-corrected chi connectivity index (χ0v) is 11.8. The fourth-order valence-corrected chi connectivity index (χ4v) is 3.10. The monoisotopic (exact) mass is 315 g/mol. The van der Waals surface area contributed by atoms with Crippen molar-refractivity contribution in [3.05, 3.63) is 40.5 Å². The van der Waals surface area contributed by atoms with E-state index in [1.165, 1.54) is 18.3 Å². The van der Waals surface area contributed by atoms with E-state index in [-0.39, 0.29) is 21.3 Å². The Hall–Kier alpha value is -2.06. The number of aromatic amines is 1. The molecular weight excluding hydrogens is 306 g/mol. The summed E-state index contributed by atoms with van der Waals surface area (Å²) in [6.07, 6.45) is 1.45. The topological polar surface area (TPSA) is 112 Å². The van der Waals surface area contributed by atoms with E-state index in [2.05, 4.69) is 14.9 Å². The van der Waals surface area contributed by atoms with E-state index < -0.39 is 16.0 Å². The SMILES string of the molecule is Cc1cn[nH]c1NS(=O)(=O)c1cc(C(=O)O)ccc1Cl. The highest BCUT2D eigenvalue weighted by Gasteiger charge is 2.21. The first-order chi connectivity index (χ1) is 9.31. The number of aromatic nitrogens is 2. The van der Waals surface area contributed by atoms with Crippen LogP contribution < -0.4 is 4.72 Å². The van der Waals surface area contributed by atoms with Crippen molar-refractivity contribution in [1.82, 2.24) is 10.2 Å². The molecule has 1 aromatic carbocycles.